The van der Waals surface area contributed by atoms with Gasteiger partial charge in [-0.05, 0) is 33.6 Å². The van der Waals surface area contributed by atoms with Gasteiger partial charge in [0.2, 0.25) is 0 Å². The summed E-state index contributed by atoms with van der Waals surface area (Å²) in [4.78, 5) is 22.4. The molecule has 0 bridgehead atoms. The Kier molecular flexibility index (Phi) is 4.95. The van der Waals surface area contributed by atoms with Crippen LogP contribution in [0.4, 0.5) is 4.79 Å². The van der Waals surface area contributed by atoms with Crippen molar-refractivity contribution in [3.05, 3.63) is 0 Å². The Morgan fingerprint density at radius 2 is 2.17 bits per heavy atom. The highest BCUT2D eigenvalue weighted by Gasteiger charge is 2.30. The van der Waals surface area contributed by atoms with Crippen molar-refractivity contribution in [2.75, 3.05) is 6.61 Å². The Bertz CT molecular complexity index is 304. The number of ether oxygens (including phenoxy) is 2. The van der Waals surface area contributed by atoms with Crippen LogP contribution in [0.15, 0.2) is 0 Å². The van der Waals surface area contributed by atoms with Crippen LogP contribution in [-0.2, 0) is 14.3 Å². The topological polar surface area (TPSA) is 84.9 Å². The van der Waals surface area contributed by atoms with Gasteiger partial charge in [-0.2, -0.15) is 0 Å². The van der Waals surface area contributed by atoms with Gasteiger partial charge < -0.3 is 19.9 Å². The van der Waals surface area contributed by atoms with Crippen LogP contribution >= 0.6 is 0 Å². The molecule has 0 unspecified atom stereocenters. The summed E-state index contributed by atoms with van der Waals surface area (Å²) >= 11 is 0. The fourth-order valence-corrected chi connectivity index (χ4v) is 1.84. The molecule has 2 N–H and O–H groups in total. The lowest BCUT2D eigenvalue weighted by atomic mass is 10.1. The molecule has 0 spiro atoms. The summed E-state index contributed by atoms with van der Waals surface area (Å²) in [6.07, 6.45) is 0.631. The predicted molar refractivity (Wildman–Crippen MR) is 64.4 cm³/mol. The van der Waals surface area contributed by atoms with E-state index in [2.05, 4.69) is 5.32 Å². The van der Waals surface area contributed by atoms with E-state index in [9.17, 15) is 9.59 Å². The van der Waals surface area contributed by atoms with E-state index in [4.69, 9.17) is 14.6 Å². The number of rotatable bonds is 4. The van der Waals surface area contributed by atoms with Crippen molar-refractivity contribution < 1.29 is 24.2 Å². The summed E-state index contributed by atoms with van der Waals surface area (Å²) in [5, 5.41) is 11.4. The molecule has 1 heterocycles. The first-order valence-corrected chi connectivity index (χ1v) is 6.11. The number of carbonyl (C=O) groups excluding carboxylic acids is 1. The van der Waals surface area contributed by atoms with Gasteiger partial charge in [0.1, 0.15) is 5.60 Å². The Hall–Kier alpha value is -1.30. The molecule has 6 nitrogen and oxygen atoms in total. The molecule has 18 heavy (non-hydrogen) atoms. The van der Waals surface area contributed by atoms with Gasteiger partial charge in [-0.25, -0.2) is 4.79 Å². The van der Waals surface area contributed by atoms with Gasteiger partial charge in [0, 0.05) is 6.61 Å². The number of hydrogen-bond acceptors (Lipinski definition) is 4. The lowest BCUT2D eigenvalue weighted by Gasteiger charge is -2.25. The summed E-state index contributed by atoms with van der Waals surface area (Å²) in [5.41, 5.74) is -0.603. The lowest BCUT2D eigenvalue weighted by Crippen LogP contribution is -2.46. The number of alkyl carbamates (subject to hydrolysis) is 1. The molecule has 1 fully saturated rings. The zero-order valence-electron chi connectivity index (χ0n) is 11.1. The van der Waals surface area contributed by atoms with E-state index < -0.39 is 23.7 Å². The quantitative estimate of drug-likeness (QED) is 0.799. The second kappa shape index (κ2) is 6.04. The minimum Gasteiger partial charge on any atom is -0.481 e. The van der Waals surface area contributed by atoms with Gasteiger partial charge in [0.15, 0.2) is 0 Å². The maximum atomic E-state index is 11.6. The van der Waals surface area contributed by atoms with Crippen LogP contribution < -0.4 is 5.32 Å². The highest BCUT2D eigenvalue weighted by atomic mass is 16.6. The fourth-order valence-electron chi connectivity index (χ4n) is 1.84. The molecule has 0 radical (unpaired) electrons. The smallest absolute Gasteiger partial charge is 0.407 e. The van der Waals surface area contributed by atoms with E-state index in [1.54, 1.807) is 20.8 Å². The Balaban J connectivity index is 2.54. The standard InChI is InChI=1S/C12H21NO5/c1-12(2,3)18-11(16)13-8(7-10(14)15)9-5-4-6-17-9/h8-9H,4-7H2,1-3H3,(H,13,16)(H,14,15)/t8-,9-/m1/s1. The minimum absolute atomic E-state index is 0.163. The van der Waals surface area contributed by atoms with Crippen LogP contribution in [0, 0.1) is 0 Å². The van der Waals surface area contributed by atoms with Crippen LogP contribution in [0.3, 0.4) is 0 Å². The van der Waals surface area contributed by atoms with Crippen LogP contribution in [-0.4, -0.2) is 41.5 Å². The monoisotopic (exact) mass is 259 g/mol. The third-order valence-electron chi connectivity index (χ3n) is 2.51. The van der Waals surface area contributed by atoms with Gasteiger partial charge in [-0.1, -0.05) is 0 Å². The number of aliphatic carboxylic acids is 1. The summed E-state index contributed by atoms with van der Waals surface area (Å²) < 4.78 is 10.5. The van der Waals surface area contributed by atoms with Gasteiger partial charge in [-0.15, -0.1) is 0 Å². The van der Waals surface area contributed by atoms with E-state index in [1.807, 2.05) is 0 Å². The molecule has 1 aliphatic heterocycles. The van der Waals surface area contributed by atoms with Gasteiger partial charge in [-0.3, -0.25) is 4.79 Å². The number of hydrogen-bond donors (Lipinski definition) is 2. The molecule has 1 saturated heterocycles. The predicted octanol–water partition coefficient (Wildman–Crippen LogP) is 1.53. The Morgan fingerprint density at radius 3 is 2.61 bits per heavy atom. The third kappa shape index (κ3) is 5.35. The fraction of sp³-hybridized carbons (Fsp3) is 0.833. The van der Waals surface area contributed by atoms with Crippen LogP contribution in [0.2, 0.25) is 0 Å². The molecule has 2 atom stereocenters. The highest BCUT2D eigenvalue weighted by molar-refractivity contribution is 5.71. The molecule has 0 aliphatic carbocycles. The van der Waals surface area contributed by atoms with Gasteiger partial charge >= 0.3 is 12.1 Å². The Labute approximate surface area is 107 Å². The molecule has 0 aromatic rings. The zero-order chi connectivity index (χ0) is 13.8. The Morgan fingerprint density at radius 1 is 1.50 bits per heavy atom. The molecule has 1 rings (SSSR count). The number of carboxylic acid groups (broad SMARTS) is 1. The molecule has 0 aromatic heterocycles. The number of nitrogens with one attached hydrogen (secondary N) is 1. The summed E-state index contributed by atoms with van der Waals surface area (Å²) in [6.45, 7) is 5.87. The number of amides is 1. The van der Waals surface area contributed by atoms with Crippen molar-refractivity contribution in [2.24, 2.45) is 0 Å². The van der Waals surface area contributed by atoms with Crippen molar-refractivity contribution in [2.45, 2.75) is 57.8 Å². The second-order valence-electron chi connectivity index (χ2n) is 5.40. The molecule has 1 amide bonds. The summed E-state index contributed by atoms with van der Waals surface area (Å²) in [6, 6.07) is -0.542. The van der Waals surface area contributed by atoms with Crippen molar-refractivity contribution in [3.8, 4) is 0 Å². The largest absolute Gasteiger partial charge is 0.481 e. The first-order valence-electron chi connectivity index (χ1n) is 6.11. The lowest BCUT2D eigenvalue weighted by molar-refractivity contribution is -0.138. The summed E-state index contributed by atoms with van der Waals surface area (Å²) in [7, 11) is 0. The number of carbonyl (C=O) groups is 2. The molecule has 1 aliphatic rings. The van der Waals surface area contributed by atoms with Gasteiger partial charge in [0.25, 0.3) is 0 Å². The summed E-state index contributed by atoms with van der Waals surface area (Å²) in [5.74, 6) is -0.966. The van der Waals surface area contributed by atoms with E-state index in [0.717, 1.165) is 12.8 Å². The molecule has 0 aromatic carbocycles. The van der Waals surface area contributed by atoms with E-state index in [-0.39, 0.29) is 12.5 Å². The molecular weight excluding hydrogens is 238 g/mol. The minimum atomic E-state index is -0.966. The molecular formula is C12H21NO5. The highest BCUT2D eigenvalue weighted by Crippen LogP contribution is 2.18. The van der Waals surface area contributed by atoms with Crippen molar-refractivity contribution in [1.29, 1.82) is 0 Å². The average molecular weight is 259 g/mol. The van der Waals surface area contributed by atoms with E-state index >= 15 is 0 Å². The maximum absolute atomic E-state index is 11.6. The van der Waals surface area contributed by atoms with E-state index in [1.165, 1.54) is 0 Å². The number of carboxylic acids is 1. The average Bonchev–Trinajstić information content (AvgIpc) is 2.64. The van der Waals surface area contributed by atoms with Crippen molar-refractivity contribution >= 4 is 12.1 Å². The van der Waals surface area contributed by atoms with Crippen LogP contribution in [0.1, 0.15) is 40.0 Å². The van der Waals surface area contributed by atoms with Crippen LogP contribution in [0.25, 0.3) is 0 Å². The van der Waals surface area contributed by atoms with Gasteiger partial charge in [0.05, 0.1) is 18.6 Å². The maximum Gasteiger partial charge on any atom is 0.407 e. The third-order valence-corrected chi connectivity index (χ3v) is 2.51. The van der Waals surface area contributed by atoms with Crippen LogP contribution in [0.5, 0.6) is 0 Å². The zero-order valence-corrected chi connectivity index (χ0v) is 11.1. The second-order valence-corrected chi connectivity index (χ2v) is 5.40. The van der Waals surface area contributed by atoms with Crippen molar-refractivity contribution in [1.82, 2.24) is 5.32 Å². The normalized spacial score (nSPS) is 21.4. The SMILES string of the molecule is CC(C)(C)OC(=O)N[C@H](CC(=O)O)[C@H]1CCCO1. The first-order chi connectivity index (χ1) is 8.28. The van der Waals surface area contributed by atoms with Crippen molar-refractivity contribution in [3.63, 3.8) is 0 Å². The first kappa shape index (κ1) is 14.8. The molecule has 6 heteroatoms. The molecule has 0 saturated carbocycles. The molecule has 104 valence electrons. The van der Waals surface area contributed by atoms with E-state index in [0.29, 0.717) is 6.61 Å².